The molecule has 2 aliphatic heterocycles. The summed E-state index contributed by atoms with van der Waals surface area (Å²) in [4.78, 5) is 17.3. The minimum Gasteiger partial charge on any atom is -0.497 e. The van der Waals surface area contributed by atoms with E-state index in [2.05, 4.69) is 36.1 Å². The highest BCUT2D eigenvalue weighted by atomic mass is 32.2. The van der Waals surface area contributed by atoms with Crippen molar-refractivity contribution in [3.05, 3.63) is 58.7 Å². The highest BCUT2D eigenvalue weighted by Gasteiger charge is 2.37. The summed E-state index contributed by atoms with van der Waals surface area (Å²) in [5.74, 6) is 0.606. The van der Waals surface area contributed by atoms with Gasteiger partial charge in [0.05, 0.1) is 18.6 Å². The van der Waals surface area contributed by atoms with Crippen molar-refractivity contribution in [3.8, 4) is 5.75 Å². The maximum atomic E-state index is 13.6. The van der Waals surface area contributed by atoms with Gasteiger partial charge in [0.1, 0.15) is 12.4 Å². The van der Waals surface area contributed by atoms with Crippen LogP contribution in [0, 0.1) is 20.8 Å². The first-order valence-corrected chi connectivity index (χ1v) is 14.4. The number of hydrogen-bond acceptors (Lipinski definition) is 6. The van der Waals surface area contributed by atoms with Gasteiger partial charge in [0, 0.05) is 45.3 Å². The lowest BCUT2D eigenvalue weighted by molar-refractivity contribution is -0.138. The molecule has 4 rings (SSSR count). The SMILES string of the molecule is COc1cc(C)c(S(=O)(=O)N2CCCC2COCC(=O)N2CCN(Cc3ccc(C)cc3)CC2)c(C)c1. The van der Waals surface area contributed by atoms with Crippen molar-refractivity contribution in [2.24, 2.45) is 0 Å². The summed E-state index contributed by atoms with van der Waals surface area (Å²) in [7, 11) is -2.11. The molecule has 37 heavy (non-hydrogen) atoms. The van der Waals surface area contributed by atoms with Gasteiger partial charge in [-0.1, -0.05) is 29.8 Å². The van der Waals surface area contributed by atoms with E-state index in [1.165, 1.54) is 11.1 Å². The molecule has 202 valence electrons. The maximum Gasteiger partial charge on any atom is 0.248 e. The Morgan fingerprint density at radius 2 is 1.62 bits per heavy atom. The van der Waals surface area contributed by atoms with Gasteiger partial charge in [-0.25, -0.2) is 8.42 Å². The third kappa shape index (κ3) is 6.52. The molecule has 0 saturated carbocycles. The smallest absolute Gasteiger partial charge is 0.248 e. The van der Waals surface area contributed by atoms with Crippen LogP contribution in [-0.4, -0.2) is 87.5 Å². The monoisotopic (exact) mass is 529 g/mol. The fourth-order valence-corrected chi connectivity index (χ4v) is 7.42. The van der Waals surface area contributed by atoms with Gasteiger partial charge in [-0.3, -0.25) is 9.69 Å². The second-order valence-electron chi connectivity index (χ2n) is 10.2. The molecule has 8 nitrogen and oxygen atoms in total. The topological polar surface area (TPSA) is 79.4 Å². The molecule has 0 aliphatic carbocycles. The van der Waals surface area contributed by atoms with E-state index in [4.69, 9.17) is 9.47 Å². The van der Waals surface area contributed by atoms with Crippen LogP contribution in [0.4, 0.5) is 0 Å². The van der Waals surface area contributed by atoms with Crippen LogP contribution < -0.4 is 4.74 Å². The molecular weight excluding hydrogens is 490 g/mol. The number of ether oxygens (including phenoxy) is 2. The summed E-state index contributed by atoms with van der Waals surface area (Å²) in [6.07, 6.45) is 1.50. The summed E-state index contributed by atoms with van der Waals surface area (Å²) >= 11 is 0. The van der Waals surface area contributed by atoms with Crippen molar-refractivity contribution in [1.82, 2.24) is 14.1 Å². The third-order valence-electron chi connectivity index (χ3n) is 7.35. The van der Waals surface area contributed by atoms with E-state index in [9.17, 15) is 13.2 Å². The van der Waals surface area contributed by atoms with Gasteiger partial charge in [0.2, 0.25) is 15.9 Å². The van der Waals surface area contributed by atoms with Gasteiger partial charge in [0.25, 0.3) is 0 Å². The quantitative estimate of drug-likeness (QED) is 0.497. The fraction of sp³-hybridized carbons (Fsp3) is 0.536. The van der Waals surface area contributed by atoms with Crippen molar-refractivity contribution in [1.29, 1.82) is 0 Å². The van der Waals surface area contributed by atoms with Gasteiger partial charge in [-0.05, 0) is 62.4 Å². The number of carbonyl (C=O) groups is 1. The Balaban J connectivity index is 1.27. The molecule has 1 atom stereocenters. The van der Waals surface area contributed by atoms with E-state index in [0.717, 1.165) is 32.5 Å². The molecule has 9 heteroatoms. The Hall–Kier alpha value is -2.46. The third-order valence-corrected chi connectivity index (χ3v) is 9.60. The molecule has 0 bridgehead atoms. The van der Waals surface area contributed by atoms with Crippen molar-refractivity contribution in [2.75, 3.05) is 53.0 Å². The largest absolute Gasteiger partial charge is 0.497 e. The van der Waals surface area contributed by atoms with Gasteiger partial charge in [-0.15, -0.1) is 0 Å². The summed E-state index contributed by atoms with van der Waals surface area (Å²) in [6, 6.07) is 11.8. The Bertz CT molecular complexity index is 1170. The van der Waals surface area contributed by atoms with E-state index in [0.29, 0.717) is 41.4 Å². The number of amides is 1. The number of hydrogen-bond donors (Lipinski definition) is 0. The number of carbonyl (C=O) groups excluding carboxylic acids is 1. The maximum absolute atomic E-state index is 13.6. The Kier molecular flexibility index (Phi) is 8.90. The molecule has 2 fully saturated rings. The first-order valence-electron chi connectivity index (χ1n) is 13.0. The summed E-state index contributed by atoms with van der Waals surface area (Å²) < 4.78 is 39.7. The van der Waals surface area contributed by atoms with Crippen LogP contribution in [0.3, 0.4) is 0 Å². The Morgan fingerprint density at radius 3 is 2.24 bits per heavy atom. The minimum absolute atomic E-state index is 0.0249. The average molecular weight is 530 g/mol. The highest BCUT2D eigenvalue weighted by molar-refractivity contribution is 7.89. The molecule has 0 N–H and O–H groups in total. The fourth-order valence-electron chi connectivity index (χ4n) is 5.33. The summed E-state index contributed by atoms with van der Waals surface area (Å²) in [6.45, 7) is 10.2. The molecule has 0 aromatic heterocycles. The average Bonchev–Trinajstić information content (AvgIpc) is 3.35. The number of rotatable bonds is 9. The summed E-state index contributed by atoms with van der Waals surface area (Å²) in [5.41, 5.74) is 3.87. The zero-order chi connectivity index (χ0) is 26.6. The molecule has 2 aromatic carbocycles. The van der Waals surface area contributed by atoms with Gasteiger partial charge in [0.15, 0.2) is 0 Å². The first-order chi connectivity index (χ1) is 17.7. The van der Waals surface area contributed by atoms with Gasteiger partial charge >= 0.3 is 0 Å². The Morgan fingerprint density at radius 1 is 0.973 bits per heavy atom. The lowest BCUT2D eigenvalue weighted by Crippen LogP contribution is -2.49. The predicted molar refractivity (Wildman–Crippen MR) is 143 cm³/mol. The minimum atomic E-state index is -3.68. The molecule has 2 aromatic rings. The van der Waals surface area contributed by atoms with E-state index < -0.39 is 10.0 Å². The molecule has 0 radical (unpaired) electrons. The van der Waals surface area contributed by atoms with Crippen molar-refractivity contribution in [3.63, 3.8) is 0 Å². The van der Waals surface area contributed by atoms with Crippen molar-refractivity contribution in [2.45, 2.75) is 51.1 Å². The van der Waals surface area contributed by atoms with Gasteiger partial charge in [-0.2, -0.15) is 4.31 Å². The molecule has 2 heterocycles. The number of sulfonamides is 1. The second-order valence-corrected chi connectivity index (χ2v) is 12.0. The molecule has 0 spiro atoms. The van der Waals surface area contributed by atoms with Crippen LogP contribution in [0.2, 0.25) is 0 Å². The van der Waals surface area contributed by atoms with Crippen LogP contribution in [0.1, 0.15) is 35.1 Å². The normalized spacial score (nSPS) is 19.4. The standard InChI is InChI=1S/C28H39N3O5S/c1-21-7-9-24(10-8-21)18-29-12-14-30(15-13-29)27(32)20-36-19-25-6-5-11-31(25)37(33,34)28-22(2)16-26(35-4)17-23(28)3/h7-10,16-17,25H,5-6,11-15,18-20H2,1-4H3. The van der Waals surface area contributed by atoms with Crippen LogP contribution in [0.25, 0.3) is 0 Å². The van der Waals surface area contributed by atoms with E-state index in [1.807, 2.05) is 4.90 Å². The number of methoxy groups -OCH3 is 1. The van der Waals surface area contributed by atoms with Crippen LogP contribution >= 0.6 is 0 Å². The first kappa shape index (κ1) is 27.6. The van der Waals surface area contributed by atoms with E-state index >= 15 is 0 Å². The molecule has 1 amide bonds. The van der Waals surface area contributed by atoms with Crippen molar-refractivity contribution < 1.29 is 22.7 Å². The Labute approximate surface area is 221 Å². The number of piperazine rings is 1. The number of aryl methyl sites for hydroxylation is 3. The van der Waals surface area contributed by atoms with Gasteiger partial charge < -0.3 is 14.4 Å². The van der Waals surface area contributed by atoms with E-state index in [1.54, 1.807) is 37.4 Å². The summed E-state index contributed by atoms with van der Waals surface area (Å²) in [5, 5.41) is 0. The molecule has 2 aliphatic rings. The van der Waals surface area contributed by atoms with Crippen molar-refractivity contribution >= 4 is 15.9 Å². The lowest BCUT2D eigenvalue weighted by atomic mass is 10.1. The highest BCUT2D eigenvalue weighted by Crippen LogP contribution is 2.32. The second kappa shape index (κ2) is 11.9. The molecule has 2 saturated heterocycles. The zero-order valence-electron chi connectivity index (χ0n) is 22.4. The van der Waals surface area contributed by atoms with E-state index in [-0.39, 0.29) is 25.2 Å². The van der Waals surface area contributed by atoms with Crippen LogP contribution in [-0.2, 0) is 26.1 Å². The molecular formula is C28H39N3O5S. The number of benzene rings is 2. The molecule has 1 unspecified atom stereocenters. The number of nitrogens with zero attached hydrogens (tertiary/aromatic N) is 3. The van der Waals surface area contributed by atoms with Crippen LogP contribution in [0.15, 0.2) is 41.3 Å². The zero-order valence-corrected chi connectivity index (χ0v) is 23.2. The van der Waals surface area contributed by atoms with Crippen LogP contribution in [0.5, 0.6) is 5.75 Å². The lowest BCUT2D eigenvalue weighted by Gasteiger charge is -2.35. The predicted octanol–water partition coefficient (Wildman–Crippen LogP) is 3.13.